The molecular formula is C16H27NO. The first-order valence-corrected chi connectivity index (χ1v) is 6.97. The standard InChI is InChI=1S/C16H27NO/c1-5-16(18)12-17(10-13(2)3)11-15-8-6-7-14(4)9-15/h6-9,13,16,18H,5,10-12H2,1-4H3/t16-/m1/s1. The Hall–Kier alpha value is -0.860. The lowest BCUT2D eigenvalue weighted by Crippen LogP contribution is -2.34. The van der Waals surface area contributed by atoms with Crippen molar-refractivity contribution in [2.45, 2.75) is 46.8 Å². The summed E-state index contributed by atoms with van der Waals surface area (Å²) in [6.07, 6.45) is 0.608. The van der Waals surface area contributed by atoms with E-state index in [9.17, 15) is 5.11 Å². The van der Waals surface area contributed by atoms with Gasteiger partial charge in [-0.2, -0.15) is 0 Å². The van der Waals surface area contributed by atoms with Gasteiger partial charge in [-0.25, -0.2) is 0 Å². The van der Waals surface area contributed by atoms with Crippen molar-refractivity contribution in [1.82, 2.24) is 4.90 Å². The second-order valence-electron chi connectivity index (χ2n) is 5.64. The van der Waals surface area contributed by atoms with Gasteiger partial charge in [-0.3, -0.25) is 4.90 Å². The van der Waals surface area contributed by atoms with Crippen molar-refractivity contribution < 1.29 is 5.11 Å². The summed E-state index contributed by atoms with van der Waals surface area (Å²) in [4.78, 5) is 2.35. The Kier molecular flexibility index (Phi) is 6.37. The van der Waals surface area contributed by atoms with E-state index in [4.69, 9.17) is 0 Å². The summed E-state index contributed by atoms with van der Waals surface area (Å²) >= 11 is 0. The number of aliphatic hydroxyl groups is 1. The number of nitrogens with zero attached hydrogens (tertiary/aromatic N) is 1. The van der Waals surface area contributed by atoms with Crippen LogP contribution in [-0.2, 0) is 6.54 Å². The highest BCUT2D eigenvalue weighted by Crippen LogP contribution is 2.10. The molecule has 18 heavy (non-hydrogen) atoms. The van der Waals surface area contributed by atoms with Gasteiger partial charge in [0.25, 0.3) is 0 Å². The molecule has 1 rings (SSSR count). The molecule has 0 unspecified atom stereocenters. The predicted octanol–water partition coefficient (Wildman–Crippen LogP) is 3.22. The summed E-state index contributed by atoms with van der Waals surface area (Å²) in [5, 5.41) is 9.83. The van der Waals surface area contributed by atoms with Gasteiger partial charge >= 0.3 is 0 Å². The quantitative estimate of drug-likeness (QED) is 0.802. The average Bonchev–Trinajstić information content (AvgIpc) is 2.27. The van der Waals surface area contributed by atoms with Crippen molar-refractivity contribution in [3.8, 4) is 0 Å². The van der Waals surface area contributed by atoms with Crippen LogP contribution in [0.3, 0.4) is 0 Å². The zero-order chi connectivity index (χ0) is 13.5. The van der Waals surface area contributed by atoms with Gasteiger partial charge in [0.1, 0.15) is 0 Å². The topological polar surface area (TPSA) is 23.5 Å². The predicted molar refractivity (Wildman–Crippen MR) is 77.6 cm³/mol. The van der Waals surface area contributed by atoms with Crippen LogP contribution in [0.25, 0.3) is 0 Å². The Bertz CT molecular complexity index is 349. The lowest BCUT2D eigenvalue weighted by atomic mass is 10.1. The molecule has 2 heteroatoms. The largest absolute Gasteiger partial charge is 0.392 e. The van der Waals surface area contributed by atoms with Crippen molar-refractivity contribution >= 4 is 0 Å². The van der Waals surface area contributed by atoms with E-state index in [-0.39, 0.29) is 6.10 Å². The van der Waals surface area contributed by atoms with Crippen molar-refractivity contribution in [3.63, 3.8) is 0 Å². The third-order valence-electron chi connectivity index (χ3n) is 3.05. The van der Waals surface area contributed by atoms with E-state index in [1.54, 1.807) is 0 Å². The van der Waals surface area contributed by atoms with Gasteiger partial charge in [-0.1, -0.05) is 50.6 Å². The van der Waals surface area contributed by atoms with Gasteiger partial charge in [0.15, 0.2) is 0 Å². The minimum absolute atomic E-state index is 0.214. The summed E-state index contributed by atoms with van der Waals surface area (Å²) in [6.45, 7) is 11.3. The maximum absolute atomic E-state index is 9.83. The number of benzene rings is 1. The summed E-state index contributed by atoms with van der Waals surface area (Å²) in [5.41, 5.74) is 2.63. The molecule has 0 aliphatic heterocycles. The van der Waals surface area contributed by atoms with Crippen LogP contribution in [-0.4, -0.2) is 29.2 Å². The maximum atomic E-state index is 9.83. The minimum Gasteiger partial charge on any atom is -0.392 e. The van der Waals surface area contributed by atoms with Crippen LogP contribution < -0.4 is 0 Å². The van der Waals surface area contributed by atoms with Gasteiger partial charge in [0, 0.05) is 19.6 Å². The zero-order valence-electron chi connectivity index (χ0n) is 12.2. The van der Waals surface area contributed by atoms with E-state index in [2.05, 4.69) is 49.9 Å². The molecule has 0 spiro atoms. The molecule has 1 aromatic rings. The van der Waals surface area contributed by atoms with Crippen LogP contribution in [0.2, 0.25) is 0 Å². The number of rotatable bonds is 7. The monoisotopic (exact) mass is 249 g/mol. The summed E-state index contributed by atoms with van der Waals surface area (Å²) in [6, 6.07) is 8.62. The van der Waals surface area contributed by atoms with Gasteiger partial charge in [0.2, 0.25) is 0 Å². The van der Waals surface area contributed by atoms with Crippen LogP contribution >= 0.6 is 0 Å². The van der Waals surface area contributed by atoms with Crippen LogP contribution in [0.15, 0.2) is 24.3 Å². The molecule has 0 amide bonds. The number of aliphatic hydroxyl groups excluding tert-OH is 1. The molecule has 102 valence electrons. The number of hydrogen-bond acceptors (Lipinski definition) is 2. The fraction of sp³-hybridized carbons (Fsp3) is 0.625. The fourth-order valence-electron chi connectivity index (χ4n) is 2.22. The van der Waals surface area contributed by atoms with Crippen molar-refractivity contribution in [2.24, 2.45) is 5.92 Å². The maximum Gasteiger partial charge on any atom is 0.0664 e. The Morgan fingerprint density at radius 3 is 2.50 bits per heavy atom. The van der Waals surface area contributed by atoms with Crippen LogP contribution in [0, 0.1) is 12.8 Å². The van der Waals surface area contributed by atoms with Crippen LogP contribution in [0.5, 0.6) is 0 Å². The highest BCUT2D eigenvalue weighted by Gasteiger charge is 2.12. The summed E-state index contributed by atoms with van der Waals surface area (Å²) < 4.78 is 0. The van der Waals surface area contributed by atoms with E-state index in [1.165, 1.54) is 11.1 Å². The Balaban J connectivity index is 2.65. The van der Waals surface area contributed by atoms with Gasteiger partial charge in [-0.05, 0) is 24.8 Å². The normalized spacial score (nSPS) is 13.3. The molecule has 0 saturated heterocycles. The van der Waals surface area contributed by atoms with Crippen molar-refractivity contribution in [1.29, 1.82) is 0 Å². The van der Waals surface area contributed by atoms with E-state index >= 15 is 0 Å². The lowest BCUT2D eigenvalue weighted by Gasteiger charge is -2.26. The highest BCUT2D eigenvalue weighted by molar-refractivity contribution is 5.22. The third-order valence-corrected chi connectivity index (χ3v) is 3.05. The van der Waals surface area contributed by atoms with Gasteiger partial charge in [0.05, 0.1) is 6.10 Å². The van der Waals surface area contributed by atoms with Crippen LogP contribution in [0.1, 0.15) is 38.3 Å². The Morgan fingerprint density at radius 1 is 1.22 bits per heavy atom. The minimum atomic E-state index is -0.214. The molecule has 0 bridgehead atoms. The van der Waals surface area contributed by atoms with Gasteiger partial charge < -0.3 is 5.11 Å². The molecule has 1 atom stereocenters. The molecule has 1 N–H and O–H groups in total. The molecule has 2 nitrogen and oxygen atoms in total. The lowest BCUT2D eigenvalue weighted by molar-refractivity contribution is 0.0986. The second kappa shape index (κ2) is 7.55. The third kappa shape index (κ3) is 5.65. The highest BCUT2D eigenvalue weighted by atomic mass is 16.3. The number of aryl methyl sites for hydroxylation is 1. The molecular weight excluding hydrogens is 222 g/mol. The van der Waals surface area contributed by atoms with Crippen molar-refractivity contribution in [2.75, 3.05) is 13.1 Å². The summed E-state index contributed by atoms with van der Waals surface area (Å²) in [7, 11) is 0. The SMILES string of the molecule is CC[C@@H](O)CN(Cc1cccc(C)c1)CC(C)C. The molecule has 0 radical (unpaired) electrons. The molecule has 0 heterocycles. The Morgan fingerprint density at radius 2 is 1.94 bits per heavy atom. The number of hydrogen-bond donors (Lipinski definition) is 1. The first kappa shape index (κ1) is 15.2. The van der Waals surface area contributed by atoms with Gasteiger partial charge in [-0.15, -0.1) is 0 Å². The Labute approximate surface area is 112 Å². The molecule has 0 aromatic heterocycles. The molecule has 0 saturated carbocycles. The van der Waals surface area contributed by atoms with E-state index in [0.29, 0.717) is 5.92 Å². The average molecular weight is 249 g/mol. The molecule has 1 aromatic carbocycles. The molecule has 0 aliphatic rings. The smallest absolute Gasteiger partial charge is 0.0664 e. The van der Waals surface area contributed by atoms with Crippen molar-refractivity contribution in [3.05, 3.63) is 35.4 Å². The van der Waals surface area contributed by atoms with Crippen LogP contribution in [0.4, 0.5) is 0 Å². The zero-order valence-corrected chi connectivity index (χ0v) is 12.2. The van der Waals surface area contributed by atoms with E-state index in [0.717, 1.165) is 26.1 Å². The molecule has 0 aliphatic carbocycles. The first-order chi connectivity index (χ1) is 8.51. The molecule has 0 fully saturated rings. The summed E-state index contributed by atoms with van der Waals surface area (Å²) in [5.74, 6) is 0.624. The second-order valence-corrected chi connectivity index (χ2v) is 5.64. The first-order valence-electron chi connectivity index (χ1n) is 6.97. The van der Waals surface area contributed by atoms with E-state index in [1.807, 2.05) is 6.92 Å². The fourth-order valence-corrected chi connectivity index (χ4v) is 2.22. The van der Waals surface area contributed by atoms with E-state index < -0.39 is 0 Å².